The molecule has 2 aliphatic rings. The van der Waals surface area contributed by atoms with Gasteiger partial charge in [0.2, 0.25) is 13.3 Å². The van der Waals surface area contributed by atoms with Crippen LogP contribution in [0.4, 0.5) is 47.9 Å². The Balaban J connectivity index is 0.000000573. The number of hydrogen-bond donors (Lipinski definition) is 0. The Morgan fingerprint density at radius 1 is 0.371 bits per heavy atom. The molecule has 4 aromatic rings. The van der Waals surface area contributed by atoms with E-state index < -0.39 is 7.81 Å². The average Bonchev–Trinajstić information content (AvgIpc) is 3.93. The summed E-state index contributed by atoms with van der Waals surface area (Å²) in [6.07, 6.45) is 10.6. The SMILES string of the molecule is CC(C)c1cccc(C(C)C)c1N1[C]N(c2c(C(C)C)cccc2C(C)C)C=C1.CC(C)c1cccc(C(C)C)c1N1[C]N(c2c(C(C)C)cccc2C(C)C)C=C1.F[P-](F)(F)(F)(F)F.[Au+].[Au].[C-]=[C]C. The van der Waals surface area contributed by atoms with Crippen LogP contribution >= 0.6 is 7.81 Å². The summed E-state index contributed by atoms with van der Waals surface area (Å²) >= 11 is 0. The zero-order valence-electron chi connectivity index (χ0n) is 44.0. The van der Waals surface area contributed by atoms with E-state index in [9.17, 15) is 25.2 Å². The fraction of sp³-hybridized carbons (Fsp3) is 0.439. The number of rotatable bonds is 12. The smallest absolute Gasteiger partial charge is 0.699 e. The Morgan fingerprint density at radius 3 is 0.586 bits per heavy atom. The molecule has 0 N–H and O–H groups in total. The van der Waals surface area contributed by atoms with E-state index in [1.807, 2.05) is 6.08 Å². The van der Waals surface area contributed by atoms with Crippen molar-refractivity contribution in [2.75, 3.05) is 19.6 Å². The van der Waals surface area contributed by atoms with Crippen LogP contribution in [0.15, 0.2) is 97.6 Å². The molecule has 0 saturated carbocycles. The van der Waals surface area contributed by atoms with Gasteiger partial charge in [0.1, 0.15) is 0 Å². The second-order valence-electron chi connectivity index (χ2n) is 19.9. The molecular weight excluding hydrogens is 1280 g/mol. The maximum Gasteiger partial charge on any atom is 1.00 e. The number of para-hydroxylation sites is 4. The van der Waals surface area contributed by atoms with Gasteiger partial charge in [-0.15, -0.1) is 0 Å². The molecule has 0 spiro atoms. The van der Waals surface area contributed by atoms with Crippen molar-refractivity contribution in [3.63, 3.8) is 0 Å². The Kier molecular flexibility index (Phi) is 24.2. The minimum Gasteiger partial charge on any atom is -0.699 e. The van der Waals surface area contributed by atoms with Crippen LogP contribution in [0.1, 0.15) is 210 Å². The van der Waals surface area contributed by atoms with Crippen molar-refractivity contribution in [3.8, 4) is 0 Å². The second-order valence-corrected chi connectivity index (χ2v) is 21.8. The van der Waals surface area contributed by atoms with Crippen LogP contribution in [0.5, 0.6) is 0 Å². The average molecular weight is 1360 g/mol. The molecule has 0 saturated heterocycles. The number of nitrogens with zero attached hydrogens (tertiary/aromatic N) is 4. The Hall–Kier alpha value is -3.21. The van der Waals surface area contributed by atoms with Crippen molar-refractivity contribution in [2.45, 2.75) is 165 Å². The van der Waals surface area contributed by atoms with Gasteiger partial charge in [0, 0.05) is 47.2 Å². The first-order chi connectivity index (χ1) is 31.3. The maximum absolute atomic E-state index is 10.7. The van der Waals surface area contributed by atoms with Crippen LogP contribution in [0.2, 0.25) is 0 Å². The van der Waals surface area contributed by atoms with Gasteiger partial charge in [0.15, 0.2) is 0 Å². The molecule has 7 radical (unpaired) electrons. The van der Waals surface area contributed by atoms with Crippen LogP contribution in [0.25, 0.3) is 0 Å². The molecule has 0 unspecified atom stereocenters. The summed E-state index contributed by atoms with van der Waals surface area (Å²) in [6.45, 7) is 51.1. The molecule has 393 valence electrons. The topological polar surface area (TPSA) is 13.0 Å². The zero-order valence-corrected chi connectivity index (χ0v) is 49.2. The fourth-order valence-electron chi connectivity index (χ4n) is 8.29. The van der Waals surface area contributed by atoms with Crippen LogP contribution in [0, 0.1) is 26.0 Å². The summed E-state index contributed by atoms with van der Waals surface area (Å²) in [5.74, 6) is 3.68. The van der Waals surface area contributed by atoms with E-state index >= 15 is 0 Å². The largest absolute Gasteiger partial charge is 1.00 e. The number of anilines is 4. The van der Waals surface area contributed by atoms with Crippen molar-refractivity contribution >= 4 is 30.6 Å². The van der Waals surface area contributed by atoms with Crippen molar-refractivity contribution in [1.82, 2.24) is 0 Å². The summed E-state index contributed by atoms with van der Waals surface area (Å²) in [7, 11) is -10.7. The van der Waals surface area contributed by atoms with Gasteiger partial charge in [-0.25, -0.2) is 0 Å². The molecule has 0 aromatic heterocycles. The first kappa shape index (κ1) is 64.8. The maximum atomic E-state index is 9.87. The van der Waals surface area contributed by atoms with E-state index in [0.29, 0.717) is 47.3 Å². The summed E-state index contributed by atoms with van der Waals surface area (Å²) < 4.78 is 59.2. The van der Waals surface area contributed by atoms with Gasteiger partial charge >= 0.3 is 55.4 Å². The molecule has 0 bridgehead atoms. The van der Waals surface area contributed by atoms with Gasteiger partial charge in [0.05, 0.1) is 22.7 Å². The quantitative estimate of drug-likeness (QED) is 0.0606. The standard InChI is InChI=1S/2C27H36N2.C3H3.2Au.F6P/c2*1-18(2)22-11-9-12-23(19(3)4)26(22)28-15-16-29(17-28)27-24(20(5)6)13-10-14-25(27)21(7)8;1-3-2;;;1-7(2,3,4,5)6/h2*9-16,18-21H,1-8H3;1H3;;;/q;;-1;;+1;-1. The van der Waals surface area contributed by atoms with Gasteiger partial charge in [-0.1, -0.05) is 190 Å². The molecule has 70 heavy (non-hydrogen) atoms. The van der Waals surface area contributed by atoms with E-state index in [-0.39, 0.29) is 44.8 Å². The predicted molar refractivity (Wildman–Crippen MR) is 279 cm³/mol. The van der Waals surface area contributed by atoms with Crippen molar-refractivity contribution in [1.29, 1.82) is 0 Å². The van der Waals surface area contributed by atoms with Crippen molar-refractivity contribution in [2.24, 2.45) is 0 Å². The molecule has 4 nitrogen and oxygen atoms in total. The summed E-state index contributed by atoms with van der Waals surface area (Å²) in [5, 5.41) is 0. The number of hydrogen-bond acceptors (Lipinski definition) is 4. The van der Waals surface area contributed by atoms with Gasteiger partial charge in [-0.05, 0) is 91.9 Å². The Bertz CT molecular complexity index is 1950. The number of allylic oxidation sites excluding steroid dienone is 1. The molecule has 13 heteroatoms. The molecule has 4 aromatic carbocycles. The molecule has 0 fully saturated rings. The van der Waals surface area contributed by atoms with E-state index in [1.54, 1.807) is 6.92 Å². The van der Waals surface area contributed by atoms with Crippen molar-refractivity contribution < 1.29 is 69.9 Å². The van der Waals surface area contributed by atoms with Crippen LogP contribution in [-0.4, -0.2) is 0 Å². The predicted octanol–water partition coefficient (Wildman–Crippen LogP) is 20.0. The van der Waals surface area contributed by atoms with Crippen LogP contribution < -0.4 is 19.6 Å². The number of benzene rings is 4. The molecule has 0 amide bonds. The third kappa shape index (κ3) is 18.7. The molecular formula is C57H75Au2F6N4P-. The van der Waals surface area contributed by atoms with E-state index in [2.05, 4.69) is 241 Å². The Morgan fingerprint density at radius 2 is 0.486 bits per heavy atom. The summed E-state index contributed by atoms with van der Waals surface area (Å²) in [4.78, 5) is 8.80. The summed E-state index contributed by atoms with van der Waals surface area (Å²) in [5.41, 5.74) is 16.1. The normalized spacial score (nSPS) is 14.4. The monoisotopic (exact) mass is 1350 g/mol. The molecule has 0 aliphatic carbocycles. The van der Waals surface area contributed by atoms with Gasteiger partial charge in [-0.3, -0.25) is 6.08 Å². The minimum atomic E-state index is -10.7. The van der Waals surface area contributed by atoms with Crippen LogP contribution in [0.3, 0.4) is 0 Å². The molecule has 6 rings (SSSR count). The molecule has 2 aliphatic heterocycles. The van der Waals surface area contributed by atoms with E-state index in [4.69, 9.17) is 6.58 Å². The molecule has 0 atom stereocenters. The number of halogens is 6. The van der Waals surface area contributed by atoms with E-state index in [1.165, 1.54) is 67.3 Å². The van der Waals surface area contributed by atoms with Gasteiger partial charge < -0.3 is 26.2 Å². The second kappa shape index (κ2) is 26.1. The first-order valence-electron chi connectivity index (χ1n) is 23.8. The third-order valence-corrected chi connectivity index (χ3v) is 11.5. The van der Waals surface area contributed by atoms with Crippen molar-refractivity contribution in [3.05, 3.63) is 168 Å². The van der Waals surface area contributed by atoms with Gasteiger partial charge in [0.25, 0.3) is 0 Å². The van der Waals surface area contributed by atoms with Crippen LogP contribution in [-0.2, 0) is 44.8 Å². The third-order valence-electron chi connectivity index (χ3n) is 11.5. The molecule has 2 heterocycles. The Labute approximate surface area is 450 Å². The summed E-state index contributed by atoms with van der Waals surface area (Å²) in [6, 6.07) is 26.8. The minimum absolute atomic E-state index is 0. The fourth-order valence-corrected chi connectivity index (χ4v) is 8.29. The zero-order chi connectivity index (χ0) is 51.7. The van der Waals surface area contributed by atoms with Gasteiger partial charge in [-0.2, -0.15) is 0 Å². The van der Waals surface area contributed by atoms with E-state index in [0.717, 1.165) is 0 Å². The first-order valence-corrected chi connectivity index (χ1v) is 25.8.